The summed E-state index contributed by atoms with van der Waals surface area (Å²) in [6.07, 6.45) is 3.52. The minimum atomic E-state index is -0.496. The van der Waals surface area contributed by atoms with Gasteiger partial charge in [0.2, 0.25) is 0 Å². The maximum atomic E-state index is 12.3. The van der Waals surface area contributed by atoms with Crippen molar-refractivity contribution >= 4 is 17.4 Å². The Labute approximate surface area is 155 Å². The van der Waals surface area contributed by atoms with Crippen LogP contribution >= 0.6 is 0 Å². The zero-order valence-corrected chi connectivity index (χ0v) is 14.6. The first kappa shape index (κ1) is 17.0. The Morgan fingerprint density at radius 3 is 2.59 bits per heavy atom. The number of aromatic nitrogens is 2. The molecular formula is C20H18N4O3. The van der Waals surface area contributed by atoms with Crippen LogP contribution in [0.15, 0.2) is 64.0 Å². The normalized spacial score (nSPS) is 13.6. The first-order valence-corrected chi connectivity index (χ1v) is 8.78. The Bertz CT molecular complexity index is 988. The lowest BCUT2D eigenvalue weighted by molar-refractivity contribution is 0.102. The number of amides is 1. The largest absolute Gasteiger partial charge is 0.430 e. The van der Waals surface area contributed by atoms with E-state index in [1.165, 1.54) is 25.0 Å². The second kappa shape index (κ2) is 7.41. The Balaban J connectivity index is 1.51. The lowest BCUT2D eigenvalue weighted by atomic mass is 10.1. The molecule has 0 bridgehead atoms. The molecule has 1 amide bonds. The maximum Gasteiger partial charge on any atom is 0.335 e. The molecule has 3 aromatic rings. The zero-order valence-electron chi connectivity index (χ0n) is 14.6. The van der Waals surface area contributed by atoms with Crippen molar-refractivity contribution in [1.82, 2.24) is 10.2 Å². The number of nitrogens with one attached hydrogen (secondary N) is 1. The highest BCUT2D eigenvalue weighted by molar-refractivity contribution is 6.04. The standard InChI is InChI=1S/C20H18N4O3/c25-19-9-6-15(13-27-19)20(26)21-16-5-3-4-14(12-16)17-7-8-18(23-22-17)24-10-1-2-11-24/h3-9,12-13H,1-2,10-11H2,(H,21,26). The molecule has 1 N–H and O–H groups in total. The third kappa shape index (κ3) is 3.87. The summed E-state index contributed by atoms with van der Waals surface area (Å²) in [5.41, 5.74) is 1.99. The highest BCUT2D eigenvalue weighted by atomic mass is 16.4. The third-order valence-corrected chi connectivity index (χ3v) is 4.46. The van der Waals surface area contributed by atoms with Crippen molar-refractivity contribution in [1.29, 1.82) is 0 Å². The van der Waals surface area contributed by atoms with Crippen LogP contribution in [0, 0.1) is 0 Å². The maximum absolute atomic E-state index is 12.3. The van der Waals surface area contributed by atoms with E-state index in [0.717, 1.165) is 36.4 Å². The molecule has 0 saturated carbocycles. The number of benzene rings is 1. The van der Waals surface area contributed by atoms with Gasteiger partial charge in [-0.2, -0.15) is 0 Å². The molecule has 3 heterocycles. The second-order valence-electron chi connectivity index (χ2n) is 6.35. The fraction of sp³-hybridized carbons (Fsp3) is 0.200. The van der Waals surface area contributed by atoms with Gasteiger partial charge in [0.05, 0.1) is 11.3 Å². The molecule has 7 nitrogen and oxygen atoms in total. The smallest absolute Gasteiger partial charge is 0.335 e. The average molecular weight is 362 g/mol. The molecule has 1 aromatic carbocycles. The molecule has 0 aliphatic carbocycles. The molecule has 0 radical (unpaired) electrons. The van der Waals surface area contributed by atoms with Crippen molar-refractivity contribution in [3.63, 3.8) is 0 Å². The summed E-state index contributed by atoms with van der Waals surface area (Å²) in [5, 5.41) is 11.4. The van der Waals surface area contributed by atoms with Gasteiger partial charge in [-0.05, 0) is 43.2 Å². The summed E-state index contributed by atoms with van der Waals surface area (Å²) in [7, 11) is 0. The molecule has 0 spiro atoms. The summed E-state index contributed by atoms with van der Waals surface area (Å²) in [5.74, 6) is 0.539. The van der Waals surface area contributed by atoms with Crippen LogP contribution in [-0.4, -0.2) is 29.2 Å². The Morgan fingerprint density at radius 2 is 1.89 bits per heavy atom. The molecule has 2 aromatic heterocycles. The van der Waals surface area contributed by atoms with Gasteiger partial charge < -0.3 is 14.6 Å². The Kier molecular flexibility index (Phi) is 4.65. The van der Waals surface area contributed by atoms with E-state index in [4.69, 9.17) is 4.42 Å². The van der Waals surface area contributed by atoms with E-state index in [0.29, 0.717) is 5.69 Å². The molecule has 1 fully saturated rings. The summed E-state index contributed by atoms with van der Waals surface area (Å²) >= 11 is 0. The number of carbonyl (C=O) groups is 1. The van der Waals surface area contributed by atoms with Gasteiger partial charge in [0.25, 0.3) is 5.91 Å². The van der Waals surface area contributed by atoms with E-state index in [1.54, 1.807) is 6.07 Å². The number of hydrogen-bond acceptors (Lipinski definition) is 6. The molecule has 1 aliphatic rings. The van der Waals surface area contributed by atoms with Gasteiger partial charge in [0.1, 0.15) is 6.26 Å². The van der Waals surface area contributed by atoms with Crippen molar-refractivity contribution in [3.05, 3.63) is 70.8 Å². The summed E-state index contributed by atoms with van der Waals surface area (Å²) in [6, 6.07) is 13.9. The van der Waals surface area contributed by atoms with E-state index in [9.17, 15) is 9.59 Å². The van der Waals surface area contributed by atoms with E-state index in [-0.39, 0.29) is 11.5 Å². The van der Waals surface area contributed by atoms with Crippen molar-refractivity contribution in [2.24, 2.45) is 0 Å². The molecule has 7 heteroatoms. The molecule has 27 heavy (non-hydrogen) atoms. The summed E-state index contributed by atoms with van der Waals surface area (Å²) in [4.78, 5) is 25.5. The molecule has 4 rings (SSSR count). The van der Waals surface area contributed by atoms with Crippen LogP contribution in [0.1, 0.15) is 23.2 Å². The first-order valence-electron chi connectivity index (χ1n) is 8.78. The monoisotopic (exact) mass is 362 g/mol. The van der Waals surface area contributed by atoms with Gasteiger partial charge in [-0.25, -0.2) is 4.79 Å². The summed E-state index contributed by atoms with van der Waals surface area (Å²) in [6.45, 7) is 2.05. The number of rotatable bonds is 4. The fourth-order valence-electron chi connectivity index (χ4n) is 3.04. The highest BCUT2D eigenvalue weighted by Crippen LogP contribution is 2.23. The van der Waals surface area contributed by atoms with Crippen LogP contribution in [0.3, 0.4) is 0 Å². The van der Waals surface area contributed by atoms with Crippen LogP contribution in [-0.2, 0) is 0 Å². The number of carbonyl (C=O) groups excluding carboxylic acids is 1. The minimum absolute atomic E-state index is 0.273. The molecule has 0 atom stereocenters. The number of anilines is 2. The second-order valence-corrected chi connectivity index (χ2v) is 6.35. The topological polar surface area (TPSA) is 88.3 Å². The van der Waals surface area contributed by atoms with Gasteiger partial charge in [-0.3, -0.25) is 4.79 Å². The summed E-state index contributed by atoms with van der Waals surface area (Å²) < 4.78 is 4.72. The van der Waals surface area contributed by atoms with E-state index in [2.05, 4.69) is 20.4 Å². The van der Waals surface area contributed by atoms with Crippen LogP contribution in [0.25, 0.3) is 11.3 Å². The molecule has 0 unspecified atom stereocenters. The number of hydrogen-bond donors (Lipinski definition) is 1. The van der Waals surface area contributed by atoms with E-state index < -0.39 is 5.63 Å². The van der Waals surface area contributed by atoms with Gasteiger partial charge in [0, 0.05) is 30.4 Å². The molecule has 1 saturated heterocycles. The predicted octanol–water partition coefficient (Wildman–Crippen LogP) is 2.95. The quantitative estimate of drug-likeness (QED) is 0.768. The minimum Gasteiger partial charge on any atom is -0.430 e. The Morgan fingerprint density at radius 1 is 1.04 bits per heavy atom. The fourth-order valence-corrected chi connectivity index (χ4v) is 3.04. The molecular weight excluding hydrogens is 344 g/mol. The Hall–Kier alpha value is -3.48. The first-order chi connectivity index (χ1) is 13.2. The van der Waals surface area contributed by atoms with Gasteiger partial charge in [-0.1, -0.05) is 12.1 Å². The third-order valence-electron chi connectivity index (χ3n) is 4.46. The lowest BCUT2D eigenvalue weighted by Gasteiger charge is -2.15. The number of nitrogens with zero attached hydrogens (tertiary/aromatic N) is 3. The van der Waals surface area contributed by atoms with Gasteiger partial charge in [0.15, 0.2) is 5.82 Å². The van der Waals surface area contributed by atoms with Crippen LogP contribution in [0.2, 0.25) is 0 Å². The van der Waals surface area contributed by atoms with Crippen LogP contribution < -0.4 is 15.8 Å². The SMILES string of the molecule is O=C(Nc1cccc(-c2ccc(N3CCCC3)nn2)c1)c1ccc(=O)oc1. The van der Waals surface area contributed by atoms with Gasteiger partial charge in [-0.15, -0.1) is 10.2 Å². The van der Waals surface area contributed by atoms with Crippen LogP contribution in [0.5, 0.6) is 0 Å². The van der Waals surface area contributed by atoms with Gasteiger partial charge >= 0.3 is 5.63 Å². The van der Waals surface area contributed by atoms with E-state index in [1.807, 2.05) is 30.3 Å². The van der Waals surface area contributed by atoms with Crippen molar-refractivity contribution in [2.75, 3.05) is 23.3 Å². The predicted molar refractivity (Wildman–Crippen MR) is 102 cm³/mol. The average Bonchev–Trinajstić information content (AvgIpc) is 3.24. The van der Waals surface area contributed by atoms with E-state index >= 15 is 0 Å². The zero-order chi connectivity index (χ0) is 18.6. The van der Waals surface area contributed by atoms with Crippen molar-refractivity contribution in [3.8, 4) is 11.3 Å². The van der Waals surface area contributed by atoms with Crippen LogP contribution in [0.4, 0.5) is 11.5 Å². The van der Waals surface area contributed by atoms with Crippen molar-refractivity contribution in [2.45, 2.75) is 12.8 Å². The lowest BCUT2D eigenvalue weighted by Crippen LogP contribution is -2.19. The highest BCUT2D eigenvalue weighted by Gasteiger charge is 2.14. The van der Waals surface area contributed by atoms with Crippen molar-refractivity contribution < 1.29 is 9.21 Å². The molecule has 136 valence electrons. The molecule has 1 aliphatic heterocycles.